The Morgan fingerprint density at radius 2 is 1.86 bits per heavy atom. The third-order valence-electron chi connectivity index (χ3n) is 5.90. The van der Waals surface area contributed by atoms with Crippen molar-refractivity contribution in [3.63, 3.8) is 0 Å². The predicted molar refractivity (Wildman–Crippen MR) is 87.3 cm³/mol. The molecule has 0 aromatic heterocycles. The van der Waals surface area contributed by atoms with Crippen LogP contribution in [0.1, 0.15) is 57.9 Å². The van der Waals surface area contributed by atoms with Gasteiger partial charge >= 0.3 is 0 Å². The molecule has 2 fully saturated rings. The monoisotopic (exact) mass is 287 g/mol. The van der Waals surface area contributed by atoms with Gasteiger partial charge in [-0.1, -0.05) is 57.0 Å². The van der Waals surface area contributed by atoms with Crippen LogP contribution in [0.2, 0.25) is 0 Å². The molecule has 21 heavy (non-hydrogen) atoms. The van der Waals surface area contributed by atoms with E-state index in [9.17, 15) is 0 Å². The third-order valence-corrected chi connectivity index (χ3v) is 5.90. The Bertz CT molecular complexity index is 462. The Kier molecular flexibility index (Phi) is 4.11. The zero-order chi connectivity index (χ0) is 14.9. The van der Waals surface area contributed by atoms with Crippen molar-refractivity contribution in [2.45, 2.75) is 69.4 Å². The molecule has 1 spiro atoms. The van der Waals surface area contributed by atoms with Gasteiger partial charge in [0, 0.05) is 18.1 Å². The fourth-order valence-electron chi connectivity index (χ4n) is 4.39. The van der Waals surface area contributed by atoms with Crippen LogP contribution < -0.4 is 5.73 Å². The van der Waals surface area contributed by atoms with Gasteiger partial charge in [0.25, 0.3) is 0 Å². The predicted octanol–water partition coefficient (Wildman–Crippen LogP) is 4.03. The van der Waals surface area contributed by atoms with Gasteiger partial charge in [-0.15, -0.1) is 0 Å². The number of hydrogen-bond donors (Lipinski definition) is 1. The Morgan fingerprint density at radius 1 is 1.19 bits per heavy atom. The minimum Gasteiger partial charge on any atom is -0.375 e. The number of nitrogens with two attached hydrogens (primary N) is 1. The zero-order valence-corrected chi connectivity index (χ0v) is 13.5. The first kappa shape index (κ1) is 15.1. The molecule has 116 valence electrons. The van der Waals surface area contributed by atoms with Gasteiger partial charge < -0.3 is 10.5 Å². The van der Waals surface area contributed by atoms with Crippen LogP contribution in [0.5, 0.6) is 0 Å². The molecule has 2 nitrogen and oxygen atoms in total. The van der Waals surface area contributed by atoms with Gasteiger partial charge in [0.1, 0.15) is 0 Å². The third kappa shape index (κ3) is 2.89. The second-order valence-corrected chi connectivity index (χ2v) is 7.60. The first-order valence-electron chi connectivity index (χ1n) is 8.49. The topological polar surface area (TPSA) is 35.2 Å². The highest BCUT2D eigenvalue weighted by molar-refractivity contribution is 5.26. The van der Waals surface area contributed by atoms with E-state index in [1.165, 1.54) is 31.2 Å². The molecule has 1 aromatic rings. The molecule has 3 rings (SSSR count). The molecule has 1 saturated heterocycles. The summed E-state index contributed by atoms with van der Waals surface area (Å²) in [5, 5.41) is 0. The molecule has 1 aliphatic heterocycles. The van der Waals surface area contributed by atoms with E-state index >= 15 is 0 Å². The molecule has 1 saturated carbocycles. The van der Waals surface area contributed by atoms with Crippen LogP contribution in [-0.4, -0.2) is 18.2 Å². The summed E-state index contributed by atoms with van der Waals surface area (Å²) >= 11 is 0. The summed E-state index contributed by atoms with van der Waals surface area (Å²) in [5.41, 5.74) is 8.28. The lowest BCUT2D eigenvalue weighted by atomic mass is 9.68. The van der Waals surface area contributed by atoms with Crippen LogP contribution in [-0.2, 0) is 10.2 Å². The van der Waals surface area contributed by atoms with E-state index in [0.29, 0.717) is 5.92 Å². The van der Waals surface area contributed by atoms with E-state index in [2.05, 4.69) is 44.2 Å². The minimum atomic E-state index is 0.0169. The minimum absolute atomic E-state index is 0.0169. The van der Waals surface area contributed by atoms with E-state index in [0.717, 1.165) is 19.4 Å². The van der Waals surface area contributed by atoms with Crippen LogP contribution in [0.25, 0.3) is 0 Å². The van der Waals surface area contributed by atoms with Crippen LogP contribution in [0.3, 0.4) is 0 Å². The second kappa shape index (κ2) is 5.73. The smallest absolute Gasteiger partial charge is 0.0685 e. The number of ether oxygens (including phenoxy) is 1. The quantitative estimate of drug-likeness (QED) is 0.911. The summed E-state index contributed by atoms with van der Waals surface area (Å²) in [6.45, 7) is 5.48. The van der Waals surface area contributed by atoms with Crippen LogP contribution in [0, 0.1) is 5.92 Å². The summed E-state index contributed by atoms with van der Waals surface area (Å²) in [7, 11) is 0. The van der Waals surface area contributed by atoms with Gasteiger partial charge in [0.15, 0.2) is 0 Å². The molecule has 2 atom stereocenters. The van der Waals surface area contributed by atoms with Gasteiger partial charge in [-0.05, 0) is 37.2 Å². The fraction of sp³-hybridized carbons (Fsp3) is 0.684. The van der Waals surface area contributed by atoms with Gasteiger partial charge in [-0.3, -0.25) is 0 Å². The highest BCUT2D eigenvalue weighted by Crippen LogP contribution is 2.45. The molecule has 1 aliphatic carbocycles. The molecule has 0 bridgehead atoms. The van der Waals surface area contributed by atoms with Crippen molar-refractivity contribution in [2.24, 2.45) is 11.7 Å². The summed E-state index contributed by atoms with van der Waals surface area (Å²) in [4.78, 5) is 0. The number of rotatable bonds is 3. The van der Waals surface area contributed by atoms with E-state index in [-0.39, 0.29) is 17.1 Å². The van der Waals surface area contributed by atoms with Crippen molar-refractivity contribution in [1.29, 1.82) is 0 Å². The van der Waals surface area contributed by atoms with E-state index in [4.69, 9.17) is 10.5 Å². The van der Waals surface area contributed by atoms with Crippen LogP contribution in [0.15, 0.2) is 30.3 Å². The number of benzene rings is 1. The lowest BCUT2D eigenvalue weighted by molar-refractivity contribution is -0.0990. The lowest BCUT2D eigenvalue weighted by Crippen LogP contribution is -2.51. The molecule has 0 amide bonds. The second-order valence-electron chi connectivity index (χ2n) is 7.60. The average Bonchev–Trinajstić information content (AvgIpc) is 2.95. The Morgan fingerprint density at radius 3 is 2.52 bits per heavy atom. The summed E-state index contributed by atoms with van der Waals surface area (Å²) in [6, 6.07) is 10.9. The maximum atomic E-state index is 6.75. The van der Waals surface area contributed by atoms with Gasteiger partial charge in [-0.25, -0.2) is 0 Å². The zero-order valence-electron chi connectivity index (χ0n) is 13.5. The molecule has 2 aliphatic rings. The lowest BCUT2D eigenvalue weighted by Gasteiger charge is -2.45. The molecular formula is C19H29NO. The summed E-state index contributed by atoms with van der Waals surface area (Å²) in [5.74, 6) is 0.576. The van der Waals surface area contributed by atoms with Crippen molar-refractivity contribution in [3.05, 3.63) is 35.9 Å². The SMILES string of the molecule is CC(C)(c1ccccc1)C(N)C1CCOC2(CCCC2)C1. The largest absolute Gasteiger partial charge is 0.375 e. The van der Waals surface area contributed by atoms with Crippen molar-refractivity contribution < 1.29 is 4.74 Å². The molecule has 2 N–H and O–H groups in total. The maximum Gasteiger partial charge on any atom is 0.0685 e. The van der Waals surface area contributed by atoms with Crippen LogP contribution >= 0.6 is 0 Å². The normalized spacial score (nSPS) is 26.9. The first-order valence-corrected chi connectivity index (χ1v) is 8.49. The van der Waals surface area contributed by atoms with E-state index in [1.807, 2.05) is 0 Å². The van der Waals surface area contributed by atoms with Gasteiger partial charge in [0.05, 0.1) is 5.60 Å². The maximum absolute atomic E-state index is 6.75. The van der Waals surface area contributed by atoms with E-state index in [1.54, 1.807) is 0 Å². The van der Waals surface area contributed by atoms with E-state index < -0.39 is 0 Å². The standard InChI is InChI=1S/C19H29NO/c1-18(2,16-8-4-3-5-9-16)17(20)15-10-13-21-19(14-15)11-6-7-12-19/h3-5,8-9,15,17H,6-7,10-14,20H2,1-2H3. The van der Waals surface area contributed by atoms with Crippen LogP contribution in [0.4, 0.5) is 0 Å². The molecular weight excluding hydrogens is 258 g/mol. The van der Waals surface area contributed by atoms with Crippen molar-refractivity contribution in [3.8, 4) is 0 Å². The average molecular weight is 287 g/mol. The molecule has 2 heteroatoms. The Labute approximate surface area is 129 Å². The molecule has 0 radical (unpaired) electrons. The molecule has 1 aromatic carbocycles. The summed E-state index contributed by atoms with van der Waals surface area (Å²) < 4.78 is 6.17. The van der Waals surface area contributed by atoms with Gasteiger partial charge in [-0.2, -0.15) is 0 Å². The number of hydrogen-bond acceptors (Lipinski definition) is 2. The fourth-order valence-corrected chi connectivity index (χ4v) is 4.39. The van der Waals surface area contributed by atoms with Crippen molar-refractivity contribution in [1.82, 2.24) is 0 Å². The van der Waals surface area contributed by atoms with Crippen molar-refractivity contribution in [2.75, 3.05) is 6.61 Å². The molecule has 2 unspecified atom stereocenters. The first-order chi connectivity index (χ1) is 10.0. The highest BCUT2D eigenvalue weighted by atomic mass is 16.5. The summed E-state index contributed by atoms with van der Waals surface area (Å²) in [6.07, 6.45) is 7.39. The molecule has 1 heterocycles. The highest BCUT2D eigenvalue weighted by Gasteiger charge is 2.44. The Balaban J connectivity index is 1.76. The Hall–Kier alpha value is -0.860. The van der Waals surface area contributed by atoms with Crippen molar-refractivity contribution >= 4 is 0 Å². The van der Waals surface area contributed by atoms with Gasteiger partial charge in [0.2, 0.25) is 0 Å².